The summed E-state index contributed by atoms with van der Waals surface area (Å²) in [5.41, 5.74) is 6.60. The van der Waals surface area contributed by atoms with E-state index < -0.39 is 11.7 Å². The fraction of sp³-hybridized carbons (Fsp3) is 0.714. The highest BCUT2D eigenvalue weighted by Crippen LogP contribution is 2.38. The van der Waals surface area contributed by atoms with Crippen LogP contribution in [0.2, 0.25) is 0 Å². The standard InChI is InChI=1S/C21H32F3N3O/c1-19(2,3)18-15(13-26-27-18)12-25-14-20(7-9-28-10-8-20)16-5-4-6-17(11-16)21(22,23)24/h4-6,11,15,18,25-27H,7-10,12-14H2,1-3H3. The number of rotatable bonds is 5. The van der Waals surface area contributed by atoms with E-state index in [1.807, 2.05) is 6.07 Å². The van der Waals surface area contributed by atoms with Crippen LogP contribution in [0.5, 0.6) is 0 Å². The molecular formula is C21H32F3N3O. The van der Waals surface area contributed by atoms with E-state index in [0.29, 0.717) is 31.7 Å². The van der Waals surface area contributed by atoms with Crippen molar-refractivity contribution in [2.45, 2.75) is 51.2 Å². The summed E-state index contributed by atoms with van der Waals surface area (Å²) in [7, 11) is 0. The molecule has 0 aromatic heterocycles. The first-order valence-corrected chi connectivity index (χ1v) is 10.1. The first-order valence-electron chi connectivity index (χ1n) is 10.1. The molecule has 0 saturated carbocycles. The van der Waals surface area contributed by atoms with E-state index in [4.69, 9.17) is 4.74 Å². The predicted molar refractivity (Wildman–Crippen MR) is 104 cm³/mol. The van der Waals surface area contributed by atoms with Gasteiger partial charge in [0.1, 0.15) is 0 Å². The van der Waals surface area contributed by atoms with Gasteiger partial charge in [0.15, 0.2) is 0 Å². The zero-order chi connectivity index (χ0) is 20.4. The average Bonchev–Trinajstić information content (AvgIpc) is 3.11. The summed E-state index contributed by atoms with van der Waals surface area (Å²) in [6.07, 6.45) is -2.87. The molecule has 158 valence electrons. The molecule has 2 unspecified atom stereocenters. The van der Waals surface area contributed by atoms with Crippen LogP contribution < -0.4 is 16.2 Å². The fourth-order valence-corrected chi connectivity index (χ4v) is 4.50. The van der Waals surface area contributed by atoms with E-state index in [1.54, 1.807) is 0 Å². The number of benzene rings is 1. The molecule has 0 radical (unpaired) electrons. The Bertz CT molecular complexity index is 651. The van der Waals surface area contributed by atoms with Gasteiger partial charge in [-0.3, -0.25) is 10.9 Å². The quantitative estimate of drug-likeness (QED) is 0.709. The Labute approximate surface area is 165 Å². The minimum absolute atomic E-state index is 0.132. The molecule has 0 amide bonds. The minimum Gasteiger partial charge on any atom is -0.381 e. The lowest BCUT2D eigenvalue weighted by molar-refractivity contribution is -0.137. The van der Waals surface area contributed by atoms with E-state index in [1.165, 1.54) is 12.1 Å². The molecule has 2 aliphatic heterocycles. The number of ether oxygens (including phenoxy) is 1. The highest BCUT2D eigenvalue weighted by atomic mass is 19.4. The second-order valence-corrected chi connectivity index (χ2v) is 9.23. The van der Waals surface area contributed by atoms with E-state index in [9.17, 15) is 13.2 Å². The van der Waals surface area contributed by atoms with Crippen LogP contribution in [-0.2, 0) is 16.3 Å². The molecule has 4 nitrogen and oxygen atoms in total. The zero-order valence-electron chi connectivity index (χ0n) is 17.0. The van der Waals surface area contributed by atoms with Crippen LogP contribution in [0, 0.1) is 11.3 Å². The predicted octanol–water partition coefficient (Wildman–Crippen LogP) is 3.48. The van der Waals surface area contributed by atoms with Crippen molar-refractivity contribution < 1.29 is 17.9 Å². The lowest BCUT2D eigenvalue weighted by atomic mass is 9.73. The monoisotopic (exact) mass is 399 g/mol. The largest absolute Gasteiger partial charge is 0.416 e. The van der Waals surface area contributed by atoms with Crippen molar-refractivity contribution in [3.05, 3.63) is 35.4 Å². The lowest BCUT2D eigenvalue weighted by Crippen LogP contribution is -2.47. The summed E-state index contributed by atoms with van der Waals surface area (Å²) in [5, 5.41) is 3.58. The summed E-state index contributed by atoms with van der Waals surface area (Å²) in [5.74, 6) is 0.429. The summed E-state index contributed by atoms with van der Waals surface area (Å²) in [6.45, 7) is 10.2. The second-order valence-electron chi connectivity index (χ2n) is 9.23. The molecule has 0 aliphatic carbocycles. The van der Waals surface area contributed by atoms with Gasteiger partial charge >= 0.3 is 6.18 Å². The van der Waals surface area contributed by atoms with Crippen molar-refractivity contribution in [3.63, 3.8) is 0 Å². The number of hydrazine groups is 1. The first kappa shape index (κ1) is 21.6. The molecule has 2 fully saturated rings. The number of hydrogen-bond donors (Lipinski definition) is 3. The van der Waals surface area contributed by atoms with Gasteiger partial charge in [-0.25, -0.2) is 0 Å². The molecule has 2 heterocycles. The van der Waals surface area contributed by atoms with Crippen molar-refractivity contribution in [2.75, 3.05) is 32.8 Å². The smallest absolute Gasteiger partial charge is 0.381 e. The maximum absolute atomic E-state index is 13.2. The molecule has 7 heteroatoms. The Hall–Kier alpha value is -1.15. The molecule has 0 bridgehead atoms. The van der Waals surface area contributed by atoms with Gasteiger partial charge in [0.05, 0.1) is 5.56 Å². The van der Waals surface area contributed by atoms with Gasteiger partial charge in [-0.2, -0.15) is 13.2 Å². The minimum atomic E-state index is -4.32. The normalized spacial score (nSPS) is 25.8. The molecule has 0 spiro atoms. The summed E-state index contributed by atoms with van der Waals surface area (Å²) >= 11 is 0. The van der Waals surface area contributed by atoms with Crippen molar-refractivity contribution in [1.82, 2.24) is 16.2 Å². The molecule has 28 heavy (non-hydrogen) atoms. The molecule has 1 aromatic rings. The van der Waals surface area contributed by atoms with Crippen molar-refractivity contribution in [3.8, 4) is 0 Å². The average molecular weight is 400 g/mol. The Morgan fingerprint density at radius 3 is 2.54 bits per heavy atom. The maximum atomic E-state index is 13.2. The van der Waals surface area contributed by atoms with Crippen LogP contribution in [-0.4, -0.2) is 38.9 Å². The third-order valence-electron chi connectivity index (χ3n) is 6.15. The Morgan fingerprint density at radius 1 is 1.18 bits per heavy atom. The van der Waals surface area contributed by atoms with Gasteiger partial charge in [-0.15, -0.1) is 0 Å². The lowest BCUT2D eigenvalue weighted by Gasteiger charge is -2.39. The SMILES string of the molecule is CC(C)(C)C1NNCC1CNCC1(c2cccc(C(F)(F)F)c2)CCOCC1. The number of alkyl halides is 3. The van der Waals surface area contributed by atoms with Gasteiger partial charge in [-0.05, 0) is 29.9 Å². The summed E-state index contributed by atoms with van der Waals surface area (Å²) < 4.78 is 45.2. The van der Waals surface area contributed by atoms with E-state index in [-0.39, 0.29) is 10.8 Å². The second kappa shape index (κ2) is 8.30. The fourth-order valence-electron chi connectivity index (χ4n) is 4.50. The Morgan fingerprint density at radius 2 is 1.89 bits per heavy atom. The Kier molecular flexibility index (Phi) is 6.39. The van der Waals surface area contributed by atoms with Crippen LogP contribution >= 0.6 is 0 Å². The highest BCUT2D eigenvalue weighted by molar-refractivity contribution is 5.32. The van der Waals surface area contributed by atoms with Crippen molar-refractivity contribution in [1.29, 1.82) is 0 Å². The molecule has 3 N–H and O–H groups in total. The van der Waals surface area contributed by atoms with Crippen LogP contribution in [0.15, 0.2) is 24.3 Å². The van der Waals surface area contributed by atoms with Gasteiger partial charge in [0.2, 0.25) is 0 Å². The zero-order valence-corrected chi connectivity index (χ0v) is 17.0. The first-order chi connectivity index (χ1) is 13.1. The molecule has 2 saturated heterocycles. The van der Waals surface area contributed by atoms with Gasteiger partial charge in [-0.1, -0.05) is 39.0 Å². The highest BCUT2D eigenvalue weighted by Gasteiger charge is 2.39. The van der Waals surface area contributed by atoms with E-state index >= 15 is 0 Å². The van der Waals surface area contributed by atoms with Gasteiger partial charge in [0.25, 0.3) is 0 Å². The molecule has 3 rings (SSSR count). The third kappa shape index (κ3) is 4.87. The number of nitrogens with one attached hydrogen (secondary N) is 3. The molecular weight excluding hydrogens is 367 g/mol. The van der Waals surface area contributed by atoms with E-state index in [0.717, 1.165) is 37.6 Å². The van der Waals surface area contributed by atoms with Crippen LogP contribution in [0.1, 0.15) is 44.7 Å². The number of halogens is 3. The summed E-state index contributed by atoms with van der Waals surface area (Å²) in [6, 6.07) is 6.17. The summed E-state index contributed by atoms with van der Waals surface area (Å²) in [4.78, 5) is 0. The van der Waals surface area contributed by atoms with E-state index in [2.05, 4.69) is 36.9 Å². The van der Waals surface area contributed by atoms with Crippen molar-refractivity contribution in [2.24, 2.45) is 11.3 Å². The topological polar surface area (TPSA) is 45.3 Å². The van der Waals surface area contributed by atoms with Crippen LogP contribution in [0.3, 0.4) is 0 Å². The molecule has 2 aliphatic rings. The van der Waals surface area contributed by atoms with Gasteiger partial charge < -0.3 is 10.1 Å². The van der Waals surface area contributed by atoms with Crippen LogP contribution in [0.4, 0.5) is 13.2 Å². The maximum Gasteiger partial charge on any atom is 0.416 e. The Balaban J connectivity index is 1.72. The number of hydrogen-bond acceptors (Lipinski definition) is 4. The van der Waals surface area contributed by atoms with Crippen LogP contribution in [0.25, 0.3) is 0 Å². The molecule has 1 aromatic carbocycles. The third-order valence-corrected chi connectivity index (χ3v) is 6.15. The molecule has 2 atom stereocenters. The van der Waals surface area contributed by atoms with Crippen molar-refractivity contribution >= 4 is 0 Å². The van der Waals surface area contributed by atoms with Gasteiger partial charge in [0, 0.05) is 50.2 Å².